The SMILES string of the molecule is CCCCCC(=O)N(C)Cc1cccc(-c2ccc(CCC(=O)NO)c(-c3ccc(OC)cc3)c2)c1. The van der Waals surface area contributed by atoms with Crippen LogP contribution in [-0.2, 0) is 22.6 Å². The summed E-state index contributed by atoms with van der Waals surface area (Å²) in [6.45, 7) is 2.70. The average molecular weight is 489 g/mol. The maximum absolute atomic E-state index is 12.5. The fourth-order valence-electron chi connectivity index (χ4n) is 4.25. The number of benzene rings is 3. The molecule has 2 amide bonds. The number of ether oxygens (including phenoxy) is 1. The summed E-state index contributed by atoms with van der Waals surface area (Å²) in [4.78, 5) is 25.9. The van der Waals surface area contributed by atoms with Crippen molar-refractivity contribution in [1.82, 2.24) is 10.4 Å². The second-order valence-electron chi connectivity index (χ2n) is 9.04. The summed E-state index contributed by atoms with van der Waals surface area (Å²) in [5, 5.41) is 8.89. The summed E-state index contributed by atoms with van der Waals surface area (Å²) >= 11 is 0. The Hall–Kier alpha value is -3.64. The second kappa shape index (κ2) is 13.4. The first-order valence-electron chi connectivity index (χ1n) is 12.5. The van der Waals surface area contributed by atoms with Gasteiger partial charge in [0.05, 0.1) is 7.11 Å². The predicted octanol–water partition coefficient (Wildman–Crippen LogP) is 6.01. The number of carbonyl (C=O) groups excluding carboxylic acids is 2. The van der Waals surface area contributed by atoms with Gasteiger partial charge < -0.3 is 9.64 Å². The van der Waals surface area contributed by atoms with E-state index in [1.54, 1.807) is 17.5 Å². The van der Waals surface area contributed by atoms with Crippen molar-refractivity contribution >= 4 is 11.8 Å². The molecule has 0 atom stereocenters. The number of methoxy groups -OCH3 is 1. The molecule has 0 fully saturated rings. The number of hydrogen-bond acceptors (Lipinski definition) is 4. The van der Waals surface area contributed by atoms with Crippen molar-refractivity contribution in [2.24, 2.45) is 0 Å². The quantitative estimate of drug-likeness (QED) is 0.186. The number of rotatable bonds is 12. The Kier molecular flexibility index (Phi) is 10.1. The molecule has 0 saturated carbocycles. The molecule has 0 spiro atoms. The molecule has 6 heteroatoms. The molecule has 36 heavy (non-hydrogen) atoms. The summed E-state index contributed by atoms with van der Waals surface area (Å²) < 4.78 is 5.30. The zero-order valence-electron chi connectivity index (χ0n) is 21.4. The molecule has 0 unspecified atom stereocenters. The number of unbranched alkanes of at least 4 members (excludes halogenated alkanes) is 2. The fraction of sp³-hybridized carbons (Fsp3) is 0.333. The van der Waals surface area contributed by atoms with Gasteiger partial charge in [-0.25, -0.2) is 5.48 Å². The van der Waals surface area contributed by atoms with Crippen LogP contribution in [0.25, 0.3) is 22.3 Å². The minimum atomic E-state index is -0.416. The molecule has 6 nitrogen and oxygen atoms in total. The first-order valence-corrected chi connectivity index (χ1v) is 12.5. The lowest BCUT2D eigenvalue weighted by molar-refractivity contribution is -0.130. The van der Waals surface area contributed by atoms with Gasteiger partial charge in [-0.15, -0.1) is 0 Å². The van der Waals surface area contributed by atoms with Crippen LogP contribution in [-0.4, -0.2) is 36.1 Å². The maximum atomic E-state index is 12.5. The van der Waals surface area contributed by atoms with Crippen LogP contribution in [0.1, 0.15) is 50.2 Å². The van der Waals surface area contributed by atoms with E-state index in [9.17, 15) is 9.59 Å². The van der Waals surface area contributed by atoms with E-state index >= 15 is 0 Å². The number of carbonyl (C=O) groups is 2. The number of nitrogens with zero attached hydrogens (tertiary/aromatic N) is 1. The van der Waals surface area contributed by atoms with Gasteiger partial charge in [0.15, 0.2) is 0 Å². The van der Waals surface area contributed by atoms with E-state index in [2.05, 4.69) is 31.2 Å². The van der Waals surface area contributed by atoms with Crippen molar-refractivity contribution in [1.29, 1.82) is 0 Å². The first kappa shape index (κ1) is 27.0. The van der Waals surface area contributed by atoms with Gasteiger partial charge in [0.25, 0.3) is 0 Å². The van der Waals surface area contributed by atoms with Crippen molar-refractivity contribution in [2.75, 3.05) is 14.2 Å². The summed E-state index contributed by atoms with van der Waals surface area (Å²) in [7, 11) is 3.50. The summed E-state index contributed by atoms with van der Waals surface area (Å²) in [5.41, 5.74) is 7.96. The topological polar surface area (TPSA) is 78.9 Å². The molecule has 3 aromatic carbocycles. The fourth-order valence-corrected chi connectivity index (χ4v) is 4.25. The molecule has 0 saturated heterocycles. The second-order valence-corrected chi connectivity index (χ2v) is 9.04. The van der Waals surface area contributed by atoms with Gasteiger partial charge in [0, 0.05) is 26.4 Å². The monoisotopic (exact) mass is 488 g/mol. The molecule has 0 heterocycles. The minimum Gasteiger partial charge on any atom is -0.497 e. The average Bonchev–Trinajstić information content (AvgIpc) is 2.91. The largest absolute Gasteiger partial charge is 0.497 e. The van der Waals surface area contributed by atoms with E-state index in [4.69, 9.17) is 9.94 Å². The van der Waals surface area contributed by atoms with E-state index in [1.165, 1.54) is 0 Å². The third kappa shape index (κ3) is 7.43. The highest BCUT2D eigenvalue weighted by atomic mass is 16.5. The number of hydrogen-bond donors (Lipinski definition) is 2. The van der Waals surface area contributed by atoms with E-state index in [0.29, 0.717) is 19.4 Å². The lowest BCUT2D eigenvalue weighted by Crippen LogP contribution is -2.25. The molecule has 0 aliphatic rings. The highest BCUT2D eigenvalue weighted by Gasteiger charge is 2.12. The van der Waals surface area contributed by atoms with Gasteiger partial charge in [-0.3, -0.25) is 14.8 Å². The van der Waals surface area contributed by atoms with Gasteiger partial charge in [0.1, 0.15) is 5.75 Å². The minimum absolute atomic E-state index is 0.173. The van der Waals surface area contributed by atoms with Crippen molar-refractivity contribution in [2.45, 2.75) is 52.0 Å². The first-order chi connectivity index (χ1) is 17.4. The molecular formula is C30H36N2O4. The Morgan fingerprint density at radius 2 is 1.64 bits per heavy atom. The Morgan fingerprint density at radius 3 is 2.33 bits per heavy atom. The summed E-state index contributed by atoms with van der Waals surface area (Å²) in [6.07, 6.45) is 4.38. The van der Waals surface area contributed by atoms with E-state index in [0.717, 1.165) is 58.4 Å². The predicted molar refractivity (Wildman–Crippen MR) is 143 cm³/mol. The molecular weight excluding hydrogens is 452 g/mol. The zero-order chi connectivity index (χ0) is 25.9. The summed E-state index contributed by atoms with van der Waals surface area (Å²) in [6, 6.07) is 22.3. The van der Waals surface area contributed by atoms with Crippen molar-refractivity contribution in [3.05, 3.63) is 77.9 Å². The molecule has 0 bridgehead atoms. The molecule has 190 valence electrons. The van der Waals surface area contributed by atoms with Crippen LogP contribution in [0.5, 0.6) is 5.75 Å². The number of aryl methyl sites for hydroxylation is 1. The van der Waals surface area contributed by atoms with Crippen molar-refractivity contribution < 1.29 is 19.5 Å². The Labute approximate surface area is 213 Å². The lowest BCUT2D eigenvalue weighted by Gasteiger charge is -2.18. The van der Waals surface area contributed by atoms with Gasteiger partial charge in [-0.2, -0.15) is 0 Å². The van der Waals surface area contributed by atoms with Crippen LogP contribution in [0.4, 0.5) is 0 Å². The Bertz CT molecular complexity index is 1160. The molecule has 2 N–H and O–H groups in total. The molecule has 0 aromatic heterocycles. The van der Waals surface area contributed by atoms with Crippen LogP contribution in [0.15, 0.2) is 66.7 Å². The molecule has 0 aliphatic carbocycles. The standard InChI is InChI=1S/C30H36N2O4/c1-4-5-6-10-30(34)32(2)21-22-8-7-9-25(19-22)26-12-11-23(15-18-29(33)31-35)28(20-26)24-13-16-27(36-3)17-14-24/h7-9,11-14,16-17,19-20,35H,4-6,10,15,18,21H2,1-3H3,(H,31,33). The lowest BCUT2D eigenvalue weighted by atomic mass is 9.92. The van der Waals surface area contributed by atoms with Gasteiger partial charge in [0.2, 0.25) is 11.8 Å². The van der Waals surface area contributed by atoms with Gasteiger partial charge in [-0.05, 0) is 70.5 Å². The maximum Gasteiger partial charge on any atom is 0.243 e. The van der Waals surface area contributed by atoms with Crippen LogP contribution in [0, 0.1) is 0 Å². The van der Waals surface area contributed by atoms with Crippen LogP contribution < -0.4 is 10.2 Å². The number of nitrogens with one attached hydrogen (secondary N) is 1. The van der Waals surface area contributed by atoms with E-state index in [-0.39, 0.29) is 12.3 Å². The van der Waals surface area contributed by atoms with Crippen molar-refractivity contribution in [3.63, 3.8) is 0 Å². The molecule has 0 radical (unpaired) electrons. The Morgan fingerprint density at radius 1 is 0.917 bits per heavy atom. The third-order valence-corrected chi connectivity index (χ3v) is 6.36. The van der Waals surface area contributed by atoms with E-state index < -0.39 is 5.91 Å². The summed E-state index contributed by atoms with van der Waals surface area (Å²) in [5.74, 6) is 0.532. The highest BCUT2D eigenvalue weighted by Crippen LogP contribution is 2.32. The highest BCUT2D eigenvalue weighted by molar-refractivity contribution is 5.79. The third-order valence-electron chi connectivity index (χ3n) is 6.36. The van der Waals surface area contributed by atoms with E-state index in [1.807, 2.05) is 49.5 Å². The molecule has 0 aliphatic heterocycles. The number of amides is 2. The van der Waals surface area contributed by atoms with Crippen LogP contribution >= 0.6 is 0 Å². The van der Waals surface area contributed by atoms with Crippen molar-refractivity contribution in [3.8, 4) is 28.0 Å². The van der Waals surface area contributed by atoms with Crippen LogP contribution in [0.2, 0.25) is 0 Å². The number of hydroxylamine groups is 1. The normalized spacial score (nSPS) is 10.7. The van der Waals surface area contributed by atoms with Crippen LogP contribution in [0.3, 0.4) is 0 Å². The van der Waals surface area contributed by atoms with Gasteiger partial charge in [-0.1, -0.05) is 62.2 Å². The smallest absolute Gasteiger partial charge is 0.243 e. The molecule has 3 aromatic rings. The Balaban J connectivity index is 1.87. The zero-order valence-corrected chi connectivity index (χ0v) is 21.4. The molecule has 3 rings (SSSR count). The van der Waals surface area contributed by atoms with Gasteiger partial charge >= 0.3 is 0 Å².